The van der Waals surface area contributed by atoms with Crippen molar-refractivity contribution in [2.75, 3.05) is 0 Å². The Morgan fingerprint density at radius 2 is 1.80 bits per heavy atom. The third kappa shape index (κ3) is 2.36. The summed E-state index contributed by atoms with van der Waals surface area (Å²) in [6.45, 7) is 10.1. The molecule has 2 rings (SSSR count). The first-order valence-corrected chi connectivity index (χ1v) is 6.85. The summed E-state index contributed by atoms with van der Waals surface area (Å²) in [5, 5.41) is 9.33. The number of rotatable bonds is 3. The molecule has 0 fully saturated rings. The van der Waals surface area contributed by atoms with Crippen LogP contribution in [0.1, 0.15) is 47.1 Å². The normalized spacial score (nSPS) is 11.1. The van der Waals surface area contributed by atoms with Crippen LogP contribution in [0.5, 0.6) is 0 Å². The van der Waals surface area contributed by atoms with Gasteiger partial charge in [0.15, 0.2) is 0 Å². The zero-order valence-electron chi connectivity index (χ0n) is 12.7. The maximum Gasteiger partial charge on any atom is 0.337 e. The average Bonchev–Trinajstić information content (AvgIpc) is 2.66. The van der Waals surface area contributed by atoms with Crippen molar-refractivity contribution in [3.63, 3.8) is 0 Å². The van der Waals surface area contributed by atoms with E-state index in [1.54, 1.807) is 6.07 Å². The molecule has 1 heterocycles. The molecule has 0 unspecified atom stereocenters. The Balaban J connectivity index is 2.73. The molecule has 2 aromatic rings. The van der Waals surface area contributed by atoms with Gasteiger partial charge in [0.25, 0.3) is 0 Å². The lowest BCUT2D eigenvalue weighted by molar-refractivity contribution is 0.0696. The maximum absolute atomic E-state index is 11.4. The molecular weight excluding hydrogens is 250 g/mol. The maximum atomic E-state index is 11.4. The number of hydrogen-bond acceptors (Lipinski definition) is 1. The molecular formula is C17H21NO2. The van der Waals surface area contributed by atoms with Crippen LogP contribution in [0.4, 0.5) is 0 Å². The molecule has 1 aromatic heterocycles. The van der Waals surface area contributed by atoms with Gasteiger partial charge >= 0.3 is 5.97 Å². The number of carbonyl (C=O) groups is 1. The molecule has 3 nitrogen and oxygen atoms in total. The van der Waals surface area contributed by atoms with Crippen LogP contribution >= 0.6 is 0 Å². The van der Waals surface area contributed by atoms with E-state index in [1.807, 2.05) is 6.92 Å². The van der Waals surface area contributed by atoms with Gasteiger partial charge in [-0.15, -0.1) is 0 Å². The number of aromatic nitrogens is 1. The van der Waals surface area contributed by atoms with Crippen LogP contribution in [0.3, 0.4) is 0 Å². The Kier molecular flexibility index (Phi) is 3.71. The van der Waals surface area contributed by atoms with Crippen molar-refractivity contribution in [3.05, 3.63) is 46.6 Å². The first-order valence-electron chi connectivity index (χ1n) is 6.85. The van der Waals surface area contributed by atoms with E-state index < -0.39 is 5.97 Å². The average molecular weight is 271 g/mol. The monoisotopic (exact) mass is 271 g/mol. The minimum Gasteiger partial charge on any atom is -0.478 e. The van der Waals surface area contributed by atoms with E-state index in [0.29, 0.717) is 5.56 Å². The van der Waals surface area contributed by atoms with Crippen molar-refractivity contribution >= 4 is 5.97 Å². The zero-order valence-corrected chi connectivity index (χ0v) is 12.7. The molecule has 0 amide bonds. The van der Waals surface area contributed by atoms with E-state index in [9.17, 15) is 9.90 Å². The van der Waals surface area contributed by atoms with E-state index in [4.69, 9.17) is 0 Å². The van der Waals surface area contributed by atoms with Crippen LogP contribution in [0, 0.1) is 20.8 Å². The summed E-state index contributed by atoms with van der Waals surface area (Å²) in [5.41, 5.74) is 5.65. The fourth-order valence-corrected chi connectivity index (χ4v) is 2.81. The fraction of sp³-hybridized carbons (Fsp3) is 0.353. The molecule has 0 saturated heterocycles. The lowest BCUT2D eigenvalue weighted by Crippen LogP contribution is -2.07. The number of benzene rings is 1. The van der Waals surface area contributed by atoms with Crippen molar-refractivity contribution in [1.82, 2.24) is 4.57 Å². The minimum absolute atomic E-state index is 0.221. The van der Waals surface area contributed by atoms with Gasteiger partial charge in [-0.05, 0) is 46.2 Å². The second-order valence-electron chi connectivity index (χ2n) is 5.62. The van der Waals surface area contributed by atoms with Crippen molar-refractivity contribution in [2.24, 2.45) is 0 Å². The number of carboxylic acid groups (broad SMARTS) is 1. The molecule has 0 aliphatic carbocycles. The summed E-state index contributed by atoms with van der Waals surface area (Å²) in [7, 11) is 0. The number of hydrogen-bond donors (Lipinski definition) is 1. The van der Waals surface area contributed by atoms with Crippen LogP contribution in [0.2, 0.25) is 0 Å². The summed E-state index contributed by atoms with van der Waals surface area (Å²) >= 11 is 0. The largest absolute Gasteiger partial charge is 0.478 e. The Hall–Kier alpha value is -2.03. The molecule has 0 atom stereocenters. The molecule has 3 heteroatoms. The molecule has 1 N–H and O–H groups in total. The van der Waals surface area contributed by atoms with Gasteiger partial charge in [0.05, 0.1) is 5.56 Å². The molecule has 20 heavy (non-hydrogen) atoms. The fourth-order valence-electron chi connectivity index (χ4n) is 2.81. The van der Waals surface area contributed by atoms with Crippen LogP contribution in [-0.4, -0.2) is 15.6 Å². The van der Waals surface area contributed by atoms with Crippen molar-refractivity contribution in [2.45, 2.75) is 40.7 Å². The van der Waals surface area contributed by atoms with Crippen molar-refractivity contribution < 1.29 is 9.90 Å². The van der Waals surface area contributed by atoms with Gasteiger partial charge < -0.3 is 9.67 Å². The van der Waals surface area contributed by atoms with Gasteiger partial charge in [0.1, 0.15) is 0 Å². The first-order chi connectivity index (χ1) is 9.32. The molecule has 0 saturated carbocycles. The third-order valence-corrected chi connectivity index (χ3v) is 3.70. The van der Waals surface area contributed by atoms with E-state index >= 15 is 0 Å². The highest BCUT2D eigenvalue weighted by molar-refractivity contribution is 5.91. The summed E-state index contributed by atoms with van der Waals surface area (Å²) in [4.78, 5) is 11.4. The highest BCUT2D eigenvalue weighted by Gasteiger charge is 2.20. The second-order valence-corrected chi connectivity index (χ2v) is 5.62. The van der Waals surface area contributed by atoms with Crippen molar-refractivity contribution in [1.29, 1.82) is 0 Å². The Morgan fingerprint density at radius 3 is 2.30 bits per heavy atom. The number of aryl methyl sites for hydroxylation is 2. The number of aromatic carboxylic acids is 1. The predicted octanol–water partition coefficient (Wildman–Crippen LogP) is 4.36. The standard InChI is InChI=1S/C17H21NO2/c1-10(2)18-13(5)15(17(19)20)9-16(18)14-7-6-11(3)8-12(14)4/h6-10H,1-5H3,(H,19,20). The second kappa shape index (κ2) is 5.16. The van der Waals surface area contributed by atoms with Gasteiger partial charge in [-0.1, -0.05) is 23.8 Å². The van der Waals surface area contributed by atoms with E-state index in [2.05, 4.69) is 50.5 Å². The first kappa shape index (κ1) is 14.4. The van der Waals surface area contributed by atoms with Gasteiger partial charge in [0, 0.05) is 23.0 Å². The summed E-state index contributed by atoms with van der Waals surface area (Å²) in [6, 6.07) is 8.27. The summed E-state index contributed by atoms with van der Waals surface area (Å²) < 4.78 is 2.10. The van der Waals surface area contributed by atoms with Crippen LogP contribution in [0.25, 0.3) is 11.3 Å². The van der Waals surface area contributed by atoms with Gasteiger partial charge in [-0.25, -0.2) is 4.79 Å². The lowest BCUT2D eigenvalue weighted by atomic mass is 10.0. The van der Waals surface area contributed by atoms with Gasteiger partial charge in [-0.2, -0.15) is 0 Å². The summed E-state index contributed by atoms with van der Waals surface area (Å²) in [5.74, 6) is -0.868. The molecule has 0 aliphatic heterocycles. The van der Waals surface area contributed by atoms with Crippen LogP contribution in [-0.2, 0) is 0 Å². The van der Waals surface area contributed by atoms with E-state index in [-0.39, 0.29) is 6.04 Å². The summed E-state index contributed by atoms with van der Waals surface area (Å²) in [6.07, 6.45) is 0. The van der Waals surface area contributed by atoms with Gasteiger partial charge in [0.2, 0.25) is 0 Å². The Labute approximate surface area is 119 Å². The van der Waals surface area contributed by atoms with Gasteiger partial charge in [-0.3, -0.25) is 0 Å². The quantitative estimate of drug-likeness (QED) is 0.901. The van der Waals surface area contributed by atoms with E-state index in [1.165, 1.54) is 11.1 Å². The molecule has 1 aromatic carbocycles. The SMILES string of the molecule is Cc1ccc(-c2cc(C(=O)O)c(C)n2C(C)C)c(C)c1. The Bertz CT molecular complexity index is 666. The molecule has 0 radical (unpaired) electrons. The molecule has 0 spiro atoms. The van der Waals surface area contributed by atoms with Crippen LogP contribution < -0.4 is 0 Å². The minimum atomic E-state index is -0.868. The highest BCUT2D eigenvalue weighted by Crippen LogP contribution is 2.31. The van der Waals surface area contributed by atoms with Crippen molar-refractivity contribution in [3.8, 4) is 11.3 Å². The number of carboxylic acids is 1. The molecule has 106 valence electrons. The van der Waals surface area contributed by atoms with E-state index in [0.717, 1.165) is 17.0 Å². The number of nitrogens with zero attached hydrogens (tertiary/aromatic N) is 1. The third-order valence-electron chi connectivity index (χ3n) is 3.70. The molecule has 0 aliphatic rings. The van der Waals surface area contributed by atoms with Crippen LogP contribution in [0.15, 0.2) is 24.3 Å². The molecule has 0 bridgehead atoms. The lowest BCUT2D eigenvalue weighted by Gasteiger charge is -2.17. The predicted molar refractivity (Wildman–Crippen MR) is 81.4 cm³/mol. The Morgan fingerprint density at radius 1 is 1.15 bits per heavy atom. The smallest absolute Gasteiger partial charge is 0.337 e. The topological polar surface area (TPSA) is 42.2 Å². The highest BCUT2D eigenvalue weighted by atomic mass is 16.4. The zero-order chi connectivity index (χ0) is 15.0.